The largest absolute Gasteiger partial charge is 0.456 e. The molecule has 0 bridgehead atoms. The smallest absolute Gasteiger partial charge is 0.160 e. The number of rotatable bonds is 5. The van der Waals surface area contributed by atoms with Gasteiger partial charge < -0.3 is 14.1 Å². The molecule has 0 fully saturated rings. The summed E-state index contributed by atoms with van der Waals surface area (Å²) in [5.74, 6) is 2.22. The lowest BCUT2D eigenvalue weighted by Crippen LogP contribution is -2.15. The van der Waals surface area contributed by atoms with Crippen LogP contribution in [0.2, 0.25) is 0 Å². The van der Waals surface area contributed by atoms with E-state index in [0.29, 0.717) is 5.82 Å². The fourth-order valence-electron chi connectivity index (χ4n) is 7.73. The first-order valence-electron chi connectivity index (χ1n) is 18.3. The highest BCUT2D eigenvalue weighted by molar-refractivity contribution is 6.06. The summed E-state index contributed by atoms with van der Waals surface area (Å²) in [5.41, 5.74) is 12.0. The maximum Gasteiger partial charge on any atom is 0.160 e. The Balaban J connectivity index is 1.17. The van der Waals surface area contributed by atoms with Crippen LogP contribution in [0.15, 0.2) is 187 Å². The third kappa shape index (κ3) is 5.31. The molecule has 6 heteroatoms. The SMILES string of the molecule is c1ccc(-c2nc(-c3cc(-c4cccc5ncccc45)cc(N4c5ccccc5Oc5ccccc54)c3)cc(-c3ccc4c(c3)oc3ccccc34)n2)cc1. The summed E-state index contributed by atoms with van der Waals surface area (Å²) in [6.07, 6.45) is 1.84. The van der Waals surface area contributed by atoms with Crippen LogP contribution in [0.5, 0.6) is 11.5 Å². The number of fused-ring (bicyclic) bond motifs is 6. The summed E-state index contributed by atoms with van der Waals surface area (Å²) in [7, 11) is 0. The summed E-state index contributed by atoms with van der Waals surface area (Å²) in [6, 6.07) is 60.2. The summed E-state index contributed by atoms with van der Waals surface area (Å²) in [5, 5.41) is 3.24. The van der Waals surface area contributed by atoms with Crippen LogP contribution in [0.25, 0.3) is 77.9 Å². The maximum atomic E-state index is 6.42. The standard InChI is InChI=1S/C49H30N4O2/c1-2-12-31(13-3-1)49-51-41(32-23-24-39-38-14-4-7-20-45(38)54-48(39)29-32)30-42(52-49)34-26-33(36-15-10-17-40-37(36)16-11-25-50-40)27-35(28-34)53-43-18-5-8-21-46(43)55-47-22-9-6-19-44(47)53/h1-30H. The minimum absolute atomic E-state index is 0.640. The van der Waals surface area contributed by atoms with Gasteiger partial charge in [-0.3, -0.25) is 4.98 Å². The fraction of sp³-hybridized carbons (Fsp3) is 0. The lowest BCUT2D eigenvalue weighted by Gasteiger charge is -2.33. The van der Waals surface area contributed by atoms with Crippen molar-refractivity contribution < 1.29 is 9.15 Å². The third-order valence-corrected chi connectivity index (χ3v) is 10.3. The first-order valence-corrected chi connectivity index (χ1v) is 18.3. The molecule has 4 heterocycles. The van der Waals surface area contributed by atoms with Crippen LogP contribution in [0.3, 0.4) is 0 Å². The van der Waals surface area contributed by atoms with Gasteiger partial charge in [-0.05, 0) is 90.0 Å². The molecule has 11 rings (SSSR count). The van der Waals surface area contributed by atoms with Crippen LogP contribution in [-0.4, -0.2) is 15.0 Å². The van der Waals surface area contributed by atoms with Gasteiger partial charge in [-0.2, -0.15) is 0 Å². The second-order valence-corrected chi connectivity index (χ2v) is 13.7. The van der Waals surface area contributed by atoms with E-state index in [1.54, 1.807) is 0 Å². The Kier molecular flexibility index (Phi) is 7.07. The Morgan fingerprint density at radius 1 is 0.436 bits per heavy atom. The minimum atomic E-state index is 0.640. The number of nitrogens with zero attached hydrogens (tertiary/aromatic N) is 4. The molecular formula is C49H30N4O2. The van der Waals surface area contributed by atoms with E-state index in [2.05, 4.69) is 102 Å². The Hall–Kier alpha value is -7.57. The molecule has 3 aromatic heterocycles. The van der Waals surface area contributed by atoms with Gasteiger partial charge in [-0.1, -0.05) is 97.1 Å². The quantitative estimate of drug-likeness (QED) is 0.177. The monoisotopic (exact) mass is 706 g/mol. The van der Waals surface area contributed by atoms with Gasteiger partial charge in [0.15, 0.2) is 17.3 Å². The number of ether oxygens (including phenoxy) is 1. The van der Waals surface area contributed by atoms with Crippen LogP contribution >= 0.6 is 0 Å². The molecule has 1 aliphatic heterocycles. The van der Waals surface area contributed by atoms with E-state index in [0.717, 1.165) is 101 Å². The average Bonchev–Trinajstić information content (AvgIpc) is 3.63. The normalized spacial score (nSPS) is 12.1. The maximum absolute atomic E-state index is 6.42. The van der Waals surface area contributed by atoms with Crippen molar-refractivity contribution in [2.24, 2.45) is 0 Å². The number of furan rings is 1. The van der Waals surface area contributed by atoms with E-state index in [1.807, 2.05) is 85.1 Å². The molecule has 0 radical (unpaired) electrons. The average molecular weight is 707 g/mol. The molecule has 0 amide bonds. The van der Waals surface area contributed by atoms with Crippen molar-refractivity contribution in [1.29, 1.82) is 0 Å². The second-order valence-electron chi connectivity index (χ2n) is 13.7. The predicted octanol–water partition coefficient (Wildman–Crippen LogP) is 13.2. The highest BCUT2D eigenvalue weighted by Gasteiger charge is 2.26. The Morgan fingerprint density at radius 3 is 1.96 bits per heavy atom. The van der Waals surface area contributed by atoms with Gasteiger partial charge in [0.05, 0.1) is 28.3 Å². The number of pyridine rings is 1. The van der Waals surface area contributed by atoms with E-state index >= 15 is 0 Å². The molecule has 0 aliphatic carbocycles. The predicted molar refractivity (Wildman–Crippen MR) is 221 cm³/mol. The highest BCUT2D eigenvalue weighted by atomic mass is 16.5. The molecular weight excluding hydrogens is 677 g/mol. The molecule has 0 saturated carbocycles. The van der Waals surface area contributed by atoms with Gasteiger partial charge >= 0.3 is 0 Å². The van der Waals surface area contributed by atoms with Crippen molar-refractivity contribution in [3.8, 4) is 56.5 Å². The van der Waals surface area contributed by atoms with Gasteiger partial charge in [-0.15, -0.1) is 0 Å². The van der Waals surface area contributed by atoms with Crippen molar-refractivity contribution >= 4 is 49.9 Å². The van der Waals surface area contributed by atoms with Crippen LogP contribution in [-0.2, 0) is 0 Å². The topological polar surface area (TPSA) is 64.3 Å². The highest BCUT2D eigenvalue weighted by Crippen LogP contribution is 2.51. The molecule has 10 aromatic rings. The molecule has 0 atom stereocenters. The van der Waals surface area contributed by atoms with Gasteiger partial charge in [0.1, 0.15) is 11.2 Å². The molecule has 7 aromatic carbocycles. The van der Waals surface area contributed by atoms with E-state index in [9.17, 15) is 0 Å². The zero-order valence-electron chi connectivity index (χ0n) is 29.4. The molecule has 6 nitrogen and oxygen atoms in total. The lowest BCUT2D eigenvalue weighted by molar-refractivity contribution is 0.477. The Labute approximate surface area is 316 Å². The number of anilines is 3. The number of benzene rings is 7. The molecule has 0 unspecified atom stereocenters. The van der Waals surface area contributed by atoms with E-state index < -0.39 is 0 Å². The first kappa shape index (κ1) is 31.0. The first-order chi connectivity index (χ1) is 27.2. The van der Waals surface area contributed by atoms with Crippen molar-refractivity contribution in [1.82, 2.24) is 15.0 Å². The zero-order chi connectivity index (χ0) is 36.3. The van der Waals surface area contributed by atoms with Crippen LogP contribution < -0.4 is 9.64 Å². The van der Waals surface area contributed by atoms with Crippen LogP contribution in [0.4, 0.5) is 17.1 Å². The van der Waals surface area contributed by atoms with Crippen LogP contribution in [0.1, 0.15) is 0 Å². The number of hydrogen-bond donors (Lipinski definition) is 0. The van der Waals surface area contributed by atoms with Crippen molar-refractivity contribution in [3.63, 3.8) is 0 Å². The molecule has 258 valence electrons. The van der Waals surface area contributed by atoms with E-state index in [1.165, 1.54) is 0 Å². The minimum Gasteiger partial charge on any atom is -0.456 e. The molecule has 0 N–H and O–H groups in total. The number of hydrogen-bond acceptors (Lipinski definition) is 6. The summed E-state index contributed by atoms with van der Waals surface area (Å²) in [4.78, 5) is 17.4. The van der Waals surface area contributed by atoms with Gasteiger partial charge in [0.25, 0.3) is 0 Å². The number of para-hydroxylation sites is 5. The Bertz CT molecular complexity index is 3050. The molecule has 55 heavy (non-hydrogen) atoms. The molecule has 0 spiro atoms. The lowest BCUT2D eigenvalue weighted by atomic mass is 9.95. The van der Waals surface area contributed by atoms with E-state index in [4.69, 9.17) is 24.1 Å². The summed E-state index contributed by atoms with van der Waals surface area (Å²) >= 11 is 0. The number of aromatic nitrogens is 3. The fourth-order valence-corrected chi connectivity index (χ4v) is 7.73. The molecule has 1 aliphatic rings. The second kappa shape index (κ2) is 12.5. The molecule has 0 saturated heterocycles. The zero-order valence-corrected chi connectivity index (χ0v) is 29.4. The van der Waals surface area contributed by atoms with Crippen molar-refractivity contribution in [3.05, 3.63) is 182 Å². The van der Waals surface area contributed by atoms with Crippen LogP contribution in [0, 0.1) is 0 Å². The van der Waals surface area contributed by atoms with E-state index in [-0.39, 0.29) is 0 Å². The van der Waals surface area contributed by atoms with Gasteiger partial charge in [0.2, 0.25) is 0 Å². The summed E-state index contributed by atoms with van der Waals surface area (Å²) in [6.45, 7) is 0. The summed E-state index contributed by atoms with van der Waals surface area (Å²) < 4.78 is 12.7. The Morgan fingerprint density at radius 2 is 1.13 bits per heavy atom. The third-order valence-electron chi connectivity index (χ3n) is 10.3. The van der Waals surface area contributed by atoms with Crippen molar-refractivity contribution in [2.45, 2.75) is 0 Å². The van der Waals surface area contributed by atoms with Crippen molar-refractivity contribution in [2.75, 3.05) is 4.90 Å². The van der Waals surface area contributed by atoms with Gasteiger partial charge in [0, 0.05) is 44.7 Å². The van der Waals surface area contributed by atoms with Gasteiger partial charge in [-0.25, -0.2) is 9.97 Å².